The number of methoxy groups -OCH3 is 1. The number of nitrogens with one attached hydrogen (secondary N) is 1. The molecular weight excluding hydrogens is 564 g/mol. The summed E-state index contributed by atoms with van der Waals surface area (Å²) in [5, 5.41) is 11.4. The van der Waals surface area contributed by atoms with E-state index in [2.05, 4.69) is 36.6 Å². The van der Waals surface area contributed by atoms with Crippen LogP contribution in [-0.4, -0.2) is 20.5 Å². The Balaban J connectivity index is 1.98. The number of sulfonamides is 1. The number of nitro groups is 1. The van der Waals surface area contributed by atoms with Gasteiger partial charge in [0.05, 0.1) is 12.0 Å². The molecule has 3 rings (SSSR count). The van der Waals surface area contributed by atoms with Crippen molar-refractivity contribution in [1.82, 2.24) is 4.72 Å². The standard InChI is InChI=1S/C22H20Br2N2O5S/c1-31-16-7-4-6-15(14-16)20(13-12-17-18(23)8-5-9-19(17)24)25-32(29,30)22-11-3-2-10-21(22)26(27)28/h2-11,14,20,25H,12-13H2,1H3. The third-order valence-electron chi connectivity index (χ3n) is 4.89. The lowest BCUT2D eigenvalue weighted by molar-refractivity contribution is -0.387. The lowest BCUT2D eigenvalue weighted by Crippen LogP contribution is -2.29. The van der Waals surface area contributed by atoms with Crippen molar-refractivity contribution in [2.75, 3.05) is 7.11 Å². The molecule has 0 aromatic heterocycles. The van der Waals surface area contributed by atoms with Crippen LogP contribution in [0.3, 0.4) is 0 Å². The molecule has 0 saturated carbocycles. The quantitative estimate of drug-likeness (QED) is 0.254. The van der Waals surface area contributed by atoms with E-state index in [1.165, 1.54) is 31.4 Å². The SMILES string of the molecule is COc1cccc(C(CCc2c(Br)cccc2Br)NS(=O)(=O)c2ccccc2[N+](=O)[O-])c1. The first-order valence-corrected chi connectivity index (χ1v) is 12.6. The van der Waals surface area contributed by atoms with Gasteiger partial charge in [-0.2, -0.15) is 0 Å². The molecule has 0 bridgehead atoms. The third-order valence-corrected chi connectivity index (χ3v) is 7.89. The van der Waals surface area contributed by atoms with Crippen LogP contribution in [0, 0.1) is 10.1 Å². The van der Waals surface area contributed by atoms with E-state index >= 15 is 0 Å². The lowest BCUT2D eigenvalue weighted by Gasteiger charge is -2.21. The van der Waals surface area contributed by atoms with Gasteiger partial charge >= 0.3 is 0 Å². The first-order chi connectivity index (χ1) is 15.2. The van der Waals surface area contributed by atoms with Crippen LogP contribution in [0.2, 0.25) is 0 Å². The maximum Gasteiger partial charge on any atom is 0.289 e. The highest BCUT2D eigenvalue weighted by Gasteiger charge is 2.28. The summed E-state index contributed by atoms with van der Waals surface area (Å²) in [6.45, 7) is 0. The van der Waals surface area contributed by atoms with Crippen molar-refractivity contribution >= 4 is 47.6 Å². The second-order valence-electron chi connectivity index (χ2n) is 6.91. The van der Waals surface area contributed by atoms with Crippen molar-refractivity contribution in [3.63, 3.8) is 0 Å². The number of nitro benzene ring substituents is 1. The molecule has 1 unspecified atom stereocenters. The van der Waals surface area contributed by atoms with Gasteiger partial charge in [-0.1, -0.05) is 62.2 Å². The van der Waals surface area contributed by atoms with Gasteiger partial charge in [0.25, 0.3) is 5.69 Å². The van der Waals surface area contributed by atoms with Gasteiger partial charge in [0.2, 0.25) is 10.0 Å². The monoisotopic (exact) mass is 582 g/mol. The maximum absolute atomic E-state index is 13.2. The largest absolute Gasteiger partial charge is 0.497 e. The minimum atomic E-state index is -4.18. The maximum atomic E-state index is 13.2. The molecular formula is C22H20Br2N2O5S. The summed E-state index contributed by atoms with van der Waals surface area (Å²) in [6.07, 6.45) is 0.956. The summed E-state index contributed by atoms with van der Waals surface area (Å²) >= 11 is 7.07. The molecule has 168 valence electrons. The van der Waals surface area contributed by atoms with Crippen LogP contribution in [-0.2, 0) is 16.4 Å². The van der Waals surface area contributed by atoms with Gasteiger partial charge in [-0.3, -0.25) is 10.1 Å². The molecule has 0 aliphatic rings. The van der Waals surface area contributed by atoms with Crippen molar-refractivity contribution in [3.8, 4) is 5.75 Å². The van der Waals surface area contributed by atoms with Crippen LogP contribution in [0.5, 0.6) is 5.75 Å². The number of nitrogens with zero attached hydrogens (tertiary/aromatic N) is 1. The molecule has 3 aromatic carbocycles. The molecule has 0 aliphatic heterocycles. The normalized spacial score (nSPS) is 12.3. The molecule has 3 aromatic rings. The van der Waals surface area contributed by atoms with Crippen molar-refractivity contribution in [2.45, 2.75) is 23.8 Å². The van der Waals surface area contributed by atoms with Crippen LogP contribution >= 0.6 is 31.9 Å². The fourth-order valence-electron chi connectivity index (χ4n) is 3.30. The summed E-state index contributed by atoms with van der Waals surface area (Å²) in [6, 6.07) is 17.5. The van der Waals surface area contributed by atoms with E-state index in [1.54, 1.807) is 24.3 Å². The average Bonchev–Trinajstić information content (AvgIpc) is 2.78. The molecule has 0 spiro atoms. The van der Waals surface area contributed by atoms with E-state index < -0.39 is 26.7 Å². The molecule has 1 atom stereocenters. The smallest absolute Gasteiger partial charge is 0.289 e. The van der Waals surface area contributed by atoms with Gasteiger partial charge in [0, 0.05) is 21.1 Å². The Morgan fingerprint density at radius 3 is 2.34 bits per heavy atom. The Hall–Kier alpha value is -2.27. The zero-order valence-corrected chi connectivity index (χ0v) is 21.0. The van der Waals surface area contributed by atoms with Gasteiger partial charge < -0.3 is 4.74 Å². The van der Waals surface area contributed by atoms with Gasteiger partial charge in [-0.25, -0.2) is 13.1 Å². The van der Waals surface area contributed by atoms with Crippen molar-refractivity contribution < 1.29 is 18.1 Å². The second kappa shape index (κ2) is 10.6. The number of benzene rings is 3. The highest BCUT2D eigenvalue weighted by Crippen LogP contribution is 2.31. The fraction of sp³-hybridized carbons (Fsp3) is 0.182. The van der Waals surface area contributed by atoms with Crippen LogP contribution in [0.25, 0.3) is 0 Å². The van der Waals surface area contributed by atoms with Gasteiger partial charge in [0.1, 0.15) is 5.75 Å². The average molecular weight is 584 g/mol. The number of rotatable bonds is 9. The Morgan fingerprint density at radius 2 is 1.69 bits per heavy atom. The first-order valence-electron chi connectivity index (χ1n) is 9.55. The summed E-state index contributed by atoms with van der Waals surface area (Å²) in [7, 11) is -2.65. The van der Waals surface area contributed by atoms with Gasteiger partial charge in [-0.05, 0) is 54.3 Å². The number of ether oxygens (including phenoxy) is 1. The van der Waals surface area contributed by atoms with E-state index in [0.29, 0.717) is 24.2 Å². The summed E-state index contributed by atoms with van der Waals surface area (Å²) in [5.74, 6) is 0.583. The lowest BCUT2D eigenvalue weighted by atomic mass is 9.99. The zero-order valence-electron chi connectivity index (χ0n) is 17.0. The van der Waals surface area contributed by atoms with E-state index in [9.17, 15) is 18.5 Å². The predicted octanol–water partition coefficient (Wildman–Crippen LogP) is 5.78. The first kappa shape index (κ1) is 24.4. The van der Waals surface area contributed by atoms with E-state index in [4.69, 9.17) is 4.74 Å². The van der Waals surface area contributed by atoms with E-state index in [-0.39, 0.29) is 4.90 Å². The summed E-state index contributed by atoms with van der Waals surface area (Å²) in [4.78, 5) is 10.3. The van der Waals surface area contributed by atoms with Crippen LogP contribution in [0.4, 0.5) is 5.69 Å². The molecule has 1 N–H and O–H groups in total. The Bertz CT molecular complexity index is 1210. The molecule has 7 nitrogen and oxygen atoms in total. The second-order valence-corrected chi connectivity index (χ2v) is 10.3. The molecule has 10 heteroatoms. The third kappa shape index (κ3) is 5.74. The van der Waals surface area contributed by atoms with Crippen molar-refractivity contribution in [3.05, 3.63) is 96.9 Å². The van der Waals surface area contributed by atoms with Crippen LogP contribution in [0.15, 0.2) is 80.6 Å². The molecule has 0 amide bonds. The minimum Gasteiger partial charge on any atom is -0.497 e. The Kier molecular flexibility index (Phi) is 8.05. The van der Waals surface area contributed by atoms with Crippen molar-refractivity contribution in [1.29, 1.82) is 0 Å². The molecule has 0 heterocycles. The topological polar surface area (TPSA) is 98.5 Å². The zero-order chi connectivity index (χ0) is 23.3. The predicted molar refractivity (Wildman–Crippen MR) is 129 cm³/mol. The molecule has 0 saturated heterocycles. The minimum absolute atomic E-state index is 0.375. The van der Waals surface area contributed by atoms with Crippen LogP contribution < -0.4 is 9.46 Å². The highest BCUT2D eigenvalue weighted by molar-refractivity contribution is 9.11. The molecule has 32 heavy (non-hydrogen) atoms. The number of para-hydroxylation sites is 1. The number of hydrogen-bond acceptors (Lipinski definition) is 5. The Morgan fingerprint density at radius 1 is 1.03 bits per heavy atom. The van der Waals surface area contributed by atoms with E-state index in [0.717, 1.165) is 14.5 Å². The van der Waals surface area contributed by atoms with Gasteiger partial charge in [-0.15, -0.1) is 0 Å². The molecule has 0 radical (unpaired) electrons. The summed E-state index contributed by atoms with van der Waals surface area (Å²) in [5.41, 5.74) is 1.21. The number of halogens is 2. The molecule has 0 fully saturated rings. The Labute approximate surface area is 203 Å². The van der Waals surface area contributed by atoms with Crippen molar-refractivity contribution in [2.24, 2.45) is 0 Å². The van der Waals surface area contributed by atoms with E-state index in [1.807, 2.05) is 18.2 Å². The van der Waals surface area contributed by atoms with Crippen LogP contribution in [0.1, 0.15) is 23.6 Å². The molecule has 0 aliphatic carbocycles. The number of hydrogen-bond donors (Lipinski definition) is 1. The highest BCUT2D eigenvalue weighted by atomic mass is 79.9. The fourth-order valence-corrected chi connectivity index (χ4v) is 6.12. The van der Waals surface area contributed by atoms with Gasteiger partial charge in [0.15, 0.2) is 4.90 Å². The summed E-state index contributed by atoms with van der Waals surface area (Å²) < 4.78 is 36.1.